The fourth-order valence-electron chi connectivity index (χ4n) is 4.19. The summed E-state index contributed by atoms with van der Waals surface area (Å²) in [6.45, 7) is 1.74. The highest BCUT2D eigenvalue weighted by atomic mass is 35.5. The van der Waals surface area contributed by atoms with E-state index in [1.54, 1.807) is 12.1 Å². The number of fused-ring (bicyclic) bond motifs is 1. The molecular weight excluding hydrogens is 379 g/mol. The van der Waals surface area contributed by atoms with Crippen molar-refractivity contribution >= 4 is 23.1 Å². The Labute approximate surface area is 167 Å². The summed E-state index contributed by atoms with van der Waals surface area (Å²) in [6.07, 6.45) is 3.36. The maximum atomic E-state index is 14.0. The third kappa shape index (κ3) is 3.22. The second-order valence-corrected chi connectivity index (χ2v) is 8.26. The molecule has 3 heterocycles. The van der Waals surface area contributed by atoms with Crippen LogP contribution in [-0.2, 0) is 0 Å². The number of nitrogens with zero attached hydrogens (tertiary/aromatic N) is 5. The van der Waals surface area contributed by atoms with Crippen LogP contribution in [0.2, 0.25) is 5.02 Å². The molecule has 2 aromatic heterocycles. The lowest BCUT2D eigenvalue weighted by atomic mass is 9.93. The average Bonchev–Trinajstić information content (AvgIpc) is 3.34. The van der Waals surface area contributed by atoms with Gasteiger partial charge in [-0.25, -0.2) is 4.39 Å². The molecule has 8 heteroatoms. The van der Waals surface area contributed by atoms with Gasteiger partial charge in [-0.3, -0.25) is 4.90 Å². The molecule has 1 N–H and O–H groups in total. The zero-order chi connectivity index (χ0) is 19.3. The molecule has 2 fully saturated rings. The van der Waals surface area contributed by atoms with Crippen molar-refractivity contribution in [1.82, 2.24) is 24.7 Å². The fourth-order valence-corrected chi connectivity index (χ4v) is 4.31. The van der Waals surface area contributed by atoms with Gasteiger partial charge in [0.25, 0.3) is 0 Å². The molecule has 146 valence electrons. The Kier molecular flexibility index (Phi) is 4.44. The molecule has 0 radical (unpaired) electrons. The molecule has 1 aliphatic carbocycles. The Hall–Kier alpha value is -2.25. The van der Waals surface area contributed by atoms with E-state index in [1.165, 1.54) is 0 Å². The molecule has 1 saturated heterocycles. The van der Waals surface area contributed by atoms with Gasteiger partial charge >= 0.3 is 0 Å². The van der Waals surface area contributed by atoms with E-state index in [2.05, 4.69) is 32.6 Å². The summed E-state index contributed by atoms with van der Waals surface area (Å²) in [6, 6.07) is 9.17. The smallest absolute Gasteiger partial charge is 0.178 e. The van der Waals surface area contributed by atoms with Crippen LogP contribution < -0.4 is 5.32 Å². The zero-order valence-electron chi connectivity index (χ0n) is 15.6. The molecule has 2 aliphatic rings. The molecule has 0 amide bonds. The van der Waals surface area contributed by atoms with Gasteiger partial charge in [0.1, 0.15) is 11.6 Å². The average molecular weight is 401 g/mol. The van der Waals surface area contributed by atoms with Crippen LogP contribution in [0.1, 0.15) is 42.6 Å². The van der Waals surface area contributed by atoms with Gasteiger partial charge in [0, 0.05) is 18.5 Å². The van der Waals surface area contributed by atoms with E-state index in [9.17, 15) is 4.39 Å². The molecule has 2 atom stereocenters. The van der Waals surface area contributed by atoms with E-state index in [0.717, 1.165) is 55.2 Å². The van der Waals surface area contributed by atoms with Crippen molar-refractivity contribution in [1.29, 1.82) is 0 Å². The van der Waals surface area contributed by atoms with Crippen LogP contribution in [-0.4, -0.2) is 44.8 Å². The summed E-state index contributed by atoms with van der Waals surface area (Å²) in [4.78, 5) is 2.27. The molecule has 5 rings (SSSR count). The van der Waals surface area contributed by atoms with Crippen LogP contribution in [0.4, 0.5) is 10.2 Å². The van der Waals surface area contributed by atoms with E-state index >= 15 is 0 Å². The van der Waals surface area contributed by atoms with Crippen molar-refractivity contribution in [3.63, 3.8) is 0 Å². The number of nitrogens with one attached hydrogen (secondary N) is 1. The highest BCUT2D eigenvalue weighted by Gasteiger charge is 2.33. The summed E-state index contributed by atoms with van der Waals surface area (Å²) < 4.78 is 15.8. The van der Waals surface area contributed by atoms with E-state index in [1.807, 2.05) is 22.7 Å². The molecular formula is C20H22ClFN6. The summed E-state index contributed by atoms with van der Waals surface area (Å²) in [7, 11) is 2.08. The minimum atomic E-state index is -0.362. The van der Waals surface area contributed by atoms with E-state index in [0.29, 0.717) is 11.8 Å². The third-order valence-corrected chi connectivity index (χ3v) is 6.14. The first kappa shape index (κ1) is 17.8. The molecule has 6 nitrogen and oxygen atoms in total. The minimum absolute atomic E-state index is 0.153. The topological polar surface area (TPSA) is 58.3 Å². The lowest BCUT2D eigenvalue weighted by molar-refractivity contribution is 0.281. The Morgan fingerprint density at radius 3 is 2.82 bits per heavy atom. The predicted molar refractivity (Wildman–Crippen MR) is 106 cm³/mol. The first-order valence-corrected chi connectivity index (χ1v) is 10.1. The molecule has 1 aromatic carbocycles. The van der Waals surface area contributed by atoms with Crippen LogP contribution in [0, 0.1) is 11.7 Å². The second-order valence-electron chi connectivity index (χ2n) is 7.85. The Morgan fingerprint density at radius 2 is 2.04 bits per heavy atom. The van der Waals surface area contributed by atoms with Crippen LogP contribution in [0.15, 0.2) is 30.3 Å². The molecule has 1 saturated carbocycles. The molecule has 0 spiro atoms. The Balaban J connectivity index is 1.34. The van der Waals surface area contributed by atoms with Crippen molar-refractivity contribution in [2.75, 3.05) is 25.5 Å². The van der Waals surface area contributed by atoms with Gasteiger partial charge in [-0.05, 0) is 68.6 Å². The first-order chi connectivity index (χ1) is 13.6. The van der Waals surface area contributed by atoms with Gasteiger partial charge in [-0.15, -0.1) is 15.3 Å². The molecule has 2 unspecified atom stereocenters. The quantitative estimate of drug-likeness (QED) is 0.703. The maximum Gasteiger partial charge on any atom is 0.178 e. The normalized spacial score (nSPS) is 22.8. The summed E-state index contributed by atoms with van der Waals surface area (Å²) in [5.41, 5.74) is 1.74. The van der Waals surface area contributed by atoms with Crippen LogP contribution in [0.25, 0.3) is 5.65 Å². The number of halogens is 2. The SMILES string of the molecule is CN1CCC(CNc2ccc3nnc(C4CC4)n3n2)C1c1ccc(Cl)c(F)c1. The molecule has 3 aromatic rings. The highest BCUT2D eigenvalue weighted by Crippen LogP contribution is 2.39. The standard InChI is InChI=1S/C20H22ClFN6/c1-27-9-8-14(19(27)13-4-5-15(21)16(22)10-13)11-23-17-6-7-18-24-25-20(12-2-3-12)28(18)26-17/h4-7,10,12,14,19H,2-3,8-9,11H2,1H3,(H,23,26). The van der Waals surface area contributed by atoms with Crippen molar-refractivity contribution in [2.45, 2.75) is 31.2 Å². The predicted octanol–water partition coefficient (Wildman–Crippen LogP) is 3.90. The van der Waals surface area contributed by atoms with Crippen LogP contribution in [0.5, 0.6) is 0 Å². The monoisotopic (exact) mass is 400 g/mol. The van der Waals surface area contributed by atoms with E-state index in [4.69, 9.17) is 11.6 Å². The largest absolute Gasteiger partial charge is 0.368 e. The number of likely N-dealkylation sites (tertiary alicyclic amines) is 1. The van der Waals surface area contributed by atoms with Crippen molar-refractivity contribution < 1.29 is 4.39 Å². The number of rotatable bonds is 5. The van der Waals surface area contributed by atoms with Gasteiger partial charge in [-0.1, -0.05) is 17.7 Å². The summed E-state index contributed by atoms with van der Waals surface area (Å²) >= 11 is 5.86. The lowest BCUT2D eigenvalue weighted by Crippen LogP contribution is -2.25. The van der Waals surface area contributed by atoms with Crippen molar-refractivity contribution in [3.05, 3.63) is 52.6 Å². The highest BCUT2D eigenvalue weighted by molar-refractivity contribution is 6.30. The van der Waals surface area contributed by atoms with Gasteiger partial charge < -0.3 is 5.32 Å². The van der Waals surface area contributed by atoms with Crippen molar-refractivity contribution in [2.24, 2.45) is 5.92 Å². The number of anilines is 1. The second kappa shape index (κ2) is 6.97. The lowest BCUT2D eigenvalue weighted by Gasteiger charge is -2.26. The Bertz CT molecular complexity index is 1020. The number of hydrogen-bond donors (Lipinski definition) is 1. The van der Waals surface area contributed by atoms with E-state index in [-0.39, 0.29) is 16.9 Å². The van der Waals surface area contributed by atoms with Gasteiger partial charge in [0.2, 0.25) is 0 Å². The molecule has 28 heavy (non-hydrogen) atoms. The minimum Gasteiger partial charge on any atom is -0.368 e. The number of benzene rings is 1. The molecule has 0 bridgehead atoms. The van der Waals surface area contributed by atoms with E-state index < -0.39 is 0 Å². The maximum absolute atomic E-state index is 14.0. The van der Waals surface area contributed by atoms with Crippen LogP contribution in [0.3, 0.4) is 0 Å². The first-order valence-electron chi connectivity index (χ1n) is 9.71. The third-order valence-electron chi connectivity index (χ3n) is 5.83. The fraction of sp³-hybridized carbons (Fsp3) is 0.450. The van der Waals surface area contributed by atoms with Gasteiger partial charge in [-0.2, -0.15) is 4.52 Å². The summed E-state index contributed by atoms with van der Waals surface area (Å²) in [5.74, 6) is 2.24. The Morgan fingerprint density at radius 1 is 1.18 bits per heavy atom. The van der Waals surface area contributed by atoms with Gasteiger partial charge in [0.15, 0.2) is 11.5 Å². The number of aromatic nitrogens is 4. The zero-order valence-corrected chi connectivity index (χ0v) is 16.4. The van der Waals surface area contributed by atoms with Crippen LogP contribution >= 0.6 is 11.6 Å². The molecule has 1 aliphatic heterocycles. The van der Waals surface area contributed by atoms with Crippen molar-refractivity contribution in [3.8, 4) is 0 Å². The summed E-state index contributed by atoms with van der Waals surface area (Å²) in [5, 5.41) is 16.8. The van der Waals surface area contributed by atoms with Gasteiger partial charge in [0.05, 0.1) is 5.02 Å². The number of hydrogen-bond acceptors (Lipinski definition) is 5.